The molecule has 0 aromatic heterocycles. The lowest BCUT2D eigenvalue weighted by atomic mass is 10.2. The van der Waals surface area contributed by atoms with Crippen LogP contribution in [0.3, 0.4) is 0 Å². The molecule has 2 rings (SSSR count). The quantitative estimate of drug-likeness (QED) is 0.787. The summed E-state index contributed by atoms with van der Waals surface area (Å²) >= 11 is 0. The van der Waals surface area contributed by atoms with Gasteiger partial charge in [-0.05, 0) is 19.1 Å². The first kappa shape index (κ1) is 16.2. The molecule has 1 fully saturated rings. The summed E-state index contributed by atoms with van der Waals surface area (Å²) in [6, 6.07) is 4.66. The van der Waals surface area contributed by atoms with Gasteiger partial charge in [-0.2, -0.15) is 8.42 Å². The van der Waals surface area contributed by atoms with Crippen molar-refractivity contribution in [3.8, 4) is 0 Å². The van der Waals surface area contributed by atoms with Crippen molar-refractivity contribution >= 4 is 22.2 Å². The fourth-order valence-corrected chi connectivity index (χ4v) is 3.33. The van der Waals surface area contributed by atoms with Crippen LogP contribution in [0.1, 0.15) is 12.0 Å². The van der Waals surface area contributed by atoms with Gasteiger partial charge < -0.3 is 10.2 Å². The lowest BCUT2D eigenvalue weighted by molar-refractivity contribution is -0.141. The Labute approximate surface area is 127 Å². The van der Waals surface area contributed by atoms with Crippen molar-refractivity contribution in [3.63, 3.8) is 0 Å². The Kier molecular flexibility index (Phi) is 4.38. The van der Waals surface area contributed by atoms with Gasteiger partial charge in [0.2, 0.25) is 0 Å². The summed E-state index contributed by atoms with van der Waals surface area (Å²) in [4.78, 5) is 22.6. The number of likely N-dealkylation sites (tertiary alicyclic amines) is 1. The van der Waals surface area contributed by atoms with E-state index in [1.54, 1.807) is 19.1 Å². The normalized spacial score (nSPS) is 21.8. The Morgan fingerprint density at radius 2 is 1.82 bits per heavy atom. The molecular formula is C13H15NO7S. The minimum atomic E-state index is -4.07. The summed E-state index contributed by atoms with van der Waals surface area (Å²) in [6.45, 7) is 1.49. The Bertz CT molecular complexity index is 661. The fourth-order valence-electron chi connectivity index (χ4n) is 2.25. The topological polar surface area (TPSA) is 121 Å². The van der Waals surface area contributed by atoms with Crippen LogP contribution in [0.2, 0.25) is 0 Å². The molecule has 2 atom stereocenters. The first-order valence-electron chi connectivity index (χ1n) is 6.43. The molecule has 0 saturated carbocycles. The maximum Gasteiger partial charge on any atom is 0.408 e. The lowest BCUT2D eigenvalue weighted by Crippen LogP contribution is -2.39. The van der Waals surface area contributed by atoms with Gasteiger partial charge in [0.05, 0.1) is 17.5 Å². The number of hydrogen-bond donors (Lipinski definition) is 2. The van der Waals surface area contributed by atoms with Gasteiger partial charge in [0.1, 0.15) is 6.04 Å². The van der Waals surface area contributed by atoms with Crippen LogP contribution in [-0.4, -0.2) is 54.3 Å². The van der Waals surface area contributed by atoms with Crippen LogP contribution < -0.4 is 0 Å². The van der Waals surface area contributed by atoms with Gasteiger partial charge in [0, 0.05) is 6.42 Å². The summed E-state index contributed by atoms with van der Waals surface area (Å²) in [7, 11) is -4.07. The summed E-state index contributed by atoms with van der Waals surface area (Å²) in [5, 5.41) is 17.9. The number of carboxylic acid groups (broad SMARTS) is 2. The molecule has 120 valence electrons. The van der Waals surface area contributed by atoms with Gasteiger partial charge in [-0.1, -0.05) is 17.7 Å². The summed E-state index contributed by atoms with van der Waals surface area (Å²) in [5.41, 5.74) is 0.878. The van der Waals surface area contributed by atoms with Crippen LogP contribution in [-0.2, 0) is 19.1 Å². The average molecular weight is 329 g/mol. The Morgan fingerprint density at radius 1 is 1.23 bits per heavy atom. The highest BCUT2D eigenvalue weighted by Crippen LogP contribution is 2.24. The highest BCUT2D eigenvalue weighted by atomic mass is 32.2. The van der Waals surface area contributed by atoms with E-state index in [1.807, 2.05) is 0 Å². The molecule has 0 radical (unpaired) electrons. The van der Waals surface area contributed by atoms with Gasteiger partial charge in [-0.25, -0.2) is 9.59 Å². The molecule has 1 heterocycles. The number of aryl methyl sites for hydroxylation is 1. The number of rotatable bonds is 4. The molecule has 9 heteroatoms. The molecule has 22 heavy (non-hydrogen) atoms. The average Bonchev–Trinajstić information content (AvgIpc) is 2.82. The SMILES string of the molecule is Cc1ccc(S(=O)(=O)OC2CC(C(=O)O)N(C(=O)O)C2)cc1. The second kappa shape index (κ2) is 5.93. The van der Waals surface area contributed by atoms with Crippen molar-refractivity contribution in [1.82, 2.24) is 4.90 Å². The molecule has 8 nitrogen and oxygen atoms in total. The van der Waals surface area contributed by atoms with Gasteiger partial charge in [0.25, 0.3) is 10.1 Å². The van der Waals surface area contributed by atoms with E-state index in [9.17, 15) is 18.0 Å². The third kappa shape index (κ3) is 3.37. The van der Waals surface area contributed by atoms with E-state index in [0.717, 1.165) is 5.56 Å². The lowest BCUT2D eigenvalue weighted by Gasteiger charge is -2.16. The summed E-state index contributed by atoms with van der Waals surface area (Å²) < 4.78 is 29.2. The number of carboxylic acids is 1. The molecule has 0 spiro atoms. The van der Waals surface area contributed by atoms with Crippen molar-refractivity contribution < 1.29 is 32.4 Å². The van der Waals surface area contributed by atoms with Crippen LogP contribution >= 0.6 is 0 Å². The van der Waals surface area contributed by atoms with Gasteiger partial charge in [-0.3, -0.25) is 9.08 Å². The number of hydrogen-bond acceptors (Lipinski definition) is 5. The minimum Gasteiger partial charge on any atom is -0.480 e. The van der Waals surface area contributed by atoms with Crippen LogP contribution in [0, 0.1) is 6.92 Å². The monoisotopic (exact) mass is 329 g/mol. The van der Waals surface area contributed by atoms with Gasteiger partial charge in [-0.15, -0.1) is 0 Å². The van der Waals surface area contributed by atoms with E-state index >= 15 is 0 Å². The predicted molar refractivity (Wildman–Crippen MR) is 74.0 cm³/mol. The molecule has 1 aromatic carbocycles. The number of aliphatic carboxylic acids is 1. The standard InChI is InChI=1S/C13H15NO7S/c1-8-2-4-10(5-3-8)22(19,20)21-9-6-11(12(15)16)14(7-9)13(17)18/h2-5,9,11H,6-7H2,1H3,(H,15,16)(H,17,18). The molecule has 1 amide bonds. The molecule has 0 aliphatic carbocycles. The van der Waals surface area contributed by atoms with Crippen LogP contribution in [0.5, 0.6) is 0 Å². The van der Waals surface area contributed by atoms with Crippen LogP contribution in [0.25, 0.3) is 0 Å². The van der Waals surface area contributed by atoms with Crippen molar-refractivity contribution in [2.45, 2.75) is 30.4 Å². The van der Waals surface area contributed by atoms with Crippen LogP contribution in [0.4, 0.5) is 4.79 Å². The Hall–Kier alpha value is -2.13. The van der Waals surface area contributed by atoms with Gasteiger partial charge in [0.15, 0.2) is 0 Å². The number of carbonyl (C=O) groups is 2. The maximum absolute atomic E-state index is 12.1. The second-order valence-electron chi connectivity index (χ2n) is 5.01. The first-order chi connectivity index (χ1) is 10.2. The molecule has 1 aromatic rings. The Balaban J connectivity index is 2.15. The van der Waals surface area contributed by atoms with E-state index < -0.39 is 34.3 Å². The van der Waals surface area contributed by atoms with E-state index in [1.165, 1.54) is 12.1 Å². The molecule has 0 bridgehead atoms. The van der Waals surface area contributed by atoms with Crippen LogP contribution in [0.15, 0.2) is 29.2 Å². The highest BCUT2D eigenvalue weighted by Gasteiger charge is 2.42. The number of nitrogens with zero attached hydrogens (tertiary/aromatic N) is 1. The zero-order valence-electron chi connectivity index (χ0n) is 11.7. The molecular weight excluding hydrogens is 314 g/mol. The molecule has 1 aliphatic rings. The van der Waals surface area contributed by atoms with Crippen molar-refractivity contribution in [2.75, 3.05) is 6.54 Å². The third-order valence-corrected chi connectivity index (χ3v) is 4.74. The molecule has 1 aliphatic heterocycles. The molecule has 2 unspecified atom stereocenters. The summed E-state index contributed by atoms with van der Waals surface area (Å²) in [6.07, 6.45) is -2.66. The second-order valence-corrected chi connectivity index (χ2v) is 6.58. The van der Waals surface area contributed by atoms with E-state index in [-0.39, 0.29) is 17.9 Å². The Morgan fingerprint density at radius 3 is 2.27 bits per heavy atom. The maximum atomic E-state index is 12.1. The number of benzene rings is 1. The van der Waals surface area contributed by atoms with Crippen molar-refractivity contribution in [3.05, 3.63) is 29.8 Å². The number of amides is 1. The smallest absolute Gasteiger partial charge is 0.408 e. The fraction of sp³-hybridized carbons (Fsp3) is 0.385. The zero-order valence-corrected chi connectivity index (χ0v) is 12.5. The van der Waals surface area contributed by atoms with E-state index in [0.29, 0.717) is 4.90 Å². The highest BCUT2D eigenvalue weighted by molar-refractivity contribution is 7.86. The summed E-state index contributed by atoms with van der Waals surface area (Å²) in [5.74, 6) is -1.33. The van der Waals surface area contributed by atoms with Gasteiger partial charge >= 0.3 is 12.1 Å². The zero-order chi connectivity index (χ0) is 16.5. The largest absolute Gasteiger partial charge is 0.480 e. The molecule has 2 N–H and O–H groups in total. The molecule has 1 saturated heterocycles. The van der Waals surface area contributed by atoms with E-state index in [4.69, 9.17) is 14.4 Å². The first-order valence-corrected chi connectivity index (χ1v) is 7.84. The van der Waals surface area contributed by atoms with Crippen molar-refractivity contribution in [2.24, 2.45) is 0 Å². The predicted octanol–water partition coefficient (Wildman–Crippen LogP) is 0.906. The minimum absolute atomic E-state index is 0.0567. The third-order valence-electron chi connectivity index (χ3n) is 3.37. The van der Waals surface area contributed by atoms with Crippen molar-refractivity contribution in [1.29, 1.82) is 0 Å². The van der Waals surface area contributed by atoms with E-state index in [2.05, 4.69) is 0 Å².